The Labute approximate surface area is 132 Å². The van der Waals surface area contributed by atoms with E-state index in [1.807, 2.05) is 30.3 Å². The number of benzene rings is 2. The molecule has 0 amide bonds. The SMILES string of the molecule is NCc1cccc(CS(=O)(=O)Nc2ccc(I)cc2)c1. The van der Waals surface area contributed by atoms with Gasteiger partial charge in [-0.1, -0.05) is 24.3 Å². The number of anilines is 1. The van der Waals surface area contributed by atoms with E-state index in [-0.39, 0.29) is 5.75 Å². The van der Waals surface area contributed by atoms with Gasteiger partial charge in [-0.15, -0.1) is 0 Å². The summed E-state index contributed by atoms with van der Waals surface area (Å²) >= 11 is 2.17. The molecule has 2 rings (SSSR count). The van der Waals surface area contributed by atoms with E-state index in [9.17, 15) is 8.42 Å². The van der Waals surface area contributed by atoms with Gasteiger partial charge < -0.3 is 5.73 Å². The van der Waals surface area contributed by atoms with E-state index in [1.54, 1.807) is 18.2 Å². The number of nitrogens with two attached hydrogens (primary N) is 1. The fraction of sp³-hybridized carbons (Fsp3) is 0.143. The average Bonchev–Trinajstić information content (AvgIpc) is 2.41. The van der Waals surface area contributed by atoms with Gasteiger partial charge in [-0.25, -0.2) is 8.42 Å². The van der Waals surface area contributed by atoms with Crippen LogP contribution in [0, 0.1) is 3.57 Å². The molecule has 0 atom stereocenters. The van der Waals surface area contributed by atoms with Gasteiger partial charge in [0.2, 0.25) is 10.0 Å². The van der Waals surface area contributed by atoms with Crippen LogP contribution in [-0.2, 0) is 22.3 Å². The molecule has 3 N–H and O–H groups in total. The number of hydrogen-bond acceptors (Lipinski definition) is 3. The normalized spacial score (nSPS) is 11.3. The second-order valence-electron chi connectivity index (χ2n) is 4.39. The van der Waals surface area contributed by atoms with Gasteiger partial charge in [0.05, 0.1) is 5.75 Å². The number of sulfonamides is 1. The number of rotatable bonds is 5. The molecule has 4 nitrogen and oxygen atoms in total. The largest absolute Gasteiger partial charge is 0.326 e. The summed E-state index contributed by atoms with van der Waals surface area (Å²) in [4.78, 5) is 0. The molecule has 0 saturated carbocycles. The number of hydrogen-bond donors (Lipinski definition) is 2. The molecule has 2 aromatic rings. The predicted octanol–water partition coefficient (Wildman–Crippen LogP) is 2.69. The minimum absolute atomic E-state index is 0.0627. The third kappa shape index (κ3) is 4.46. The highest BCUT2D eigenvalue weighted by Crippen LogP contribution is 2.15. The van der Waals surface area contributed by atoms with Gasteiger partial charge in [0.1, 0.15) is 0 Å². The van der Waals surface area contributed by atoms with Crippen molar-refractivity contribution in [3.63, 3.8) is 0 Å². The summed E-state index contributed by atoms with van der Waals surface area (Å²) in [6.07, 6.45) is 0. The second kappa shape index (κ2) is 6.55. The predicted molar refractivity (Wildman–Crippen MR) is 89.7 cm³/mol. The van der Waals surface area contributed by atoms with Crippen LogP contribution in [0.2, 0.25) is 0 Å². The van der Waals surface area contributed by atoms with Gasteiger partial charge in [0.25, 0.3) is 0 Å². The van der Waals surface area contributed by atoms with Crippen LogP contribution in [0.3, 0.4) is 0 Å². The second-order valence-corrected chi connectivity index (χ2v) is 7.36. The minimum atomic E-state index is -3.42. The topological polar surface area (TPSA) is 72.2 Å². The smallest absolute Gasteiger partial charge is 0.236 e. The Hall–Kier alpha value is -1.12. The van der Waals surface area contributed by atoms with E-state index in [1.165, 1.54) is 0 Å². The van der Waals surface area contributed by atoms with Crippen molar-refractivity contribution in [3.8, 4) is 0 Å². The lowest BCUT2D eigenvalue weighted by Gasteiger charge is -2.09. The summed E-state index contributed by atoms with van der Waals surface area (Å²) in [5.41, 5.74) is 7.78. The molecule has 0 fully saturated rings. The summed E-state index contributed by atoms with van der Waals surface area (Å²) in [5, 5.41) is 0. The van der Waals surface area contributed by atoms with Crippen molar-refractivity contribution in [2.45, 2.75) is 12.3 Å². The van der Waals surface area contributed by atoms with E-state index in [0.29, 0.717) is 12.2 Å². The molecule has 0 bridgehead atoms. The van der Waals surface area contributed by atoms with Crippen molar-refractivity contribution < 1.29 is 8.42 Å². The van der Waals surface area contributed by atoms with Crippen molar-refractivity contribution in [1.29, 1.82) is 0 Å². The molecule has 0 heterocycles. The third-order valence-corrected chi connectivity index (χ3v) is 4.68. The molecule has 0 saturated heterocycles. The molecule has 0 aliphatic carbocycles. The van der Waals surface area contributed by atoms with Gasteiger partial charge in [-0.2, -0.15) is 0 Å². The Morgan fingerprint density at radius 3 is 2.35 bits per heavy atom. The summed E-state index contributed by atoms with van der Waals surface area (Å²) in [6.45, 7) is 0.401. The number of halogens is 1. The highest BCUT2D eigenvalue weighted by Gasteiger charge is 2.12. The van der Waals surface area contributed by atoms with E-state index < -0.39 is 10.0 Å². The lowest BCUT2D eigenvalue weighted by atomic mass is 10.1. The number of nitrogens with one attached hydrogen (secondary N) is 1. The zero-order chi connectivity index (χ0) is 14.6. The fourth-order valence-corrected chi connectivity index (χ4v) is 3.34. The molecule has 0 aromatic heterocycles. The van der Waals surface area contributed by atoms with E-state index in [0.717, 1.165) is 14.7 Å². The monoisotopic (exact) mass is 402 g/mol. The van der Waals surface area contributed by atoms with E-state index in [2.05, 4.69) is 27.3 Å². The lowest BCUT2D eigenvalue weighted by molar-refractivity contribution is 0.600. The minimum Gasteiger partial charge on any atom is -0.326 e. The molecule has 6 heteroatoms. The standard InChI is InChI=1S/C14H15IN2O2S/c15-13-4-6-14(7-5-13)17-20(18,19)10-12-3-1-2-11(8-12)9-16/h1-8,17H,9-10,16H2. The van der Waals surface area contributed by atoms with Gasteiger partial charge >= 0.3 is 0 Å². The van der Waals surface area contributed by atoms with Crippen LogP contribution in [0.15, 0.2) is 48.5 Å². The van der Waals surface area contributed by atoms with Gasteiger partial charge in [-0.3, -0.25) is 4.72 Å². The Bertz CT molecular complexity index is 685. The lowest BCUT2D eigenvalue weighted by Crippen LogP contribution is -2.15. The van der Waals surface area contributed by atoms with Crippen molar-refractivity contribution in [2.75, 3.05) is 4.72 Å². The molecule has 2 aromatic carbocycles. The first kappa shape index (κ1) is 15.3. The molecular formula is C14H15IN2O2S. The van der Waals surface area contributed by atoms with Crippen molar-refractivity contribution in [2.24, 2.45) is 5.73 Å². The summed E-state index contributed by atoms with van der Waals surface area (Å²) in [5.74, 6) is -0.0627. The molecule has 106 valence electrons. The fourth-order valence-electron chi connectivity index (χ4n) is 1.80. The van der Waals surface area contributed by atoms with Crippen molar-refractivity contribution >= 4 is 38.3 Å². The zero-order valence-corrected chi connectivity index (χ0v) is 13.7. The molecule has 0 radical (unpaired) electrons. The molecule has 0 unspecified atom stereocenters. The Balaban J connectivity index is 2.12. The van der Waals surface area contributed by atoms with Gasteiger partial charge in [0.15, 0.2) is 0 Å². The highest BCUT2D eigenvalue weighted by atomic mass is 127. The van der Waals surface area contributed by atoms with Crippen molar-refractivity contribution in [3.05, 3.63) is 63.2 Å². The molecule has 0 spiro atoms. The molecule has 0 aliphatic heterocycles. The first-order chi connectivity index (χ1) is 9.48. The molecular weight excluding hydrogens is 387 g/mol. The van der Waals surface area contributed by atoms with Crippen LogP contribution in [0.1, 0.15) is 11.1 Å². The maximum absolute atomic E-state index is 12.1. The zero-order valence-electron chi connectivity index (χ0n) is 10.7. The maximum atomic E-state index is 12.1. The van der Waals surface area contributed by atoms with E-state index in [4.69, 9.17) is 5.73 Å². The van der Waals surface area contributed by atoms with Crippen LogP contribution in [0.25, 0.3) is 0 Å². The van der Waals surface area contributed by atoms with Crippen LogP contribution in [0.5, 0.6) is 0 Å². The van der Waals surface area contributed by atoms with E-state index >= 15 is 0 Å². The molecule has 0 aliphatic rings. The van der Waals surface area contributed by atoms with Crippen LogP contribution < -0.4 is 10.5 Å². The summed E-state index contributed by atoms with van der Waals surface area (Å²) in [6, 6.07) is 14.5. The van der Waals surface area contributed by atoms with Gasteiger partial charge in [0, 0.05) is 15.8 Å². The van der Waals surface area contributed by atoms with Gasteiger partial charge in [-0.05, 0) is 58.0 Å². The van der Waals surface area contributed by atoms with Crippen molar-refractivity contribution in [1.82, 2.24) is 0 Å². The van der Waals surface area contributed by atoms with Crippen LogP contribution in [0.4, 0.5) is 5.69 Å². The summed E-state index contributed by atoms with van der Waals surface area (Å²) in [7, 11) is -3.42. The summed E-state index contributed by atoms with van der Waals surface area (Å²) < 4.78 is 27.8. The third-order valence-electron chi connectivity index (χ3n) is 2.70. The average molecular weight is 402 g/mol. The first-order valence-corrected chi connectivity index (χ1v) is 8.75. The molecule has 20 heavy (non-hydrogen) atoms. The Morgan fingerprint density at radius 2 is 1.70 bits per heavy atom. The Morgan fingerprint density at radius 1 is 1.05 bits per heavy atom. The van der Waals surface area contributed by atoms with Crippen LogP contribution >= 0.6 is 22.6 Å². The first-order valence-electron chi connectivity index (χ1n) is 6.02. The van der Waals surface area contributed by atoms with Crippen LogP contribution in [-0.4, -0.2) is 8.42 Å². The maximum Gasteiger partial charge on any atom is 0.236 e. The quantitative estimate of drug-likeness (QED) is 0.756. The highest BCUT2D eigenvalue weighted by molar-refractivity contribution is 14.1. The Kier molecular flexibility index (Phi) is 5.00.